The molecule has 0 heterocycles. The third-order valence-electron chi connectivity index (χ3n) is 0. The van der Waals surface area contributed by atoms with Gasteiger partial charge in [-0.05, 0) is 0 Å². The van der Waals surface area contributed by atoms with Gasteiger partial charge in [-0.15, -0.1) is 0 Å². The fourth-order valence-electron chi connectivity index (χ4n) is 0. The standard InChI is InChI=1S/2CH2O2S.2Cu/c2*2-1(3)4;;/h2*4H,(H,2,3);;/q;;2*+2/p-4. The Morgan fingerprint density at radius 2 is 0.900 bits per heavy atom. The van der Waals surface area contributed by atoms with E-state index >= 15 is 0 Å². The van der Waals surface area contributed by atoms with Crippen LogP contribution in [0.1, 0.15) is 0 Å². The molecule has 0 N–H and O–H groups in total. The third kappa shape index (κ3) is 2640. The average Bonchev–Trinajstić information content (AvgIpc) is 1.25. The van der Waals surface area contributed by atoms with Gasteiger partial charge in [-0.2, -0.15) is 0 Å². The Labute approximate surface area is 89.5 Å². The monoisotopic (exact) mass is 278 g/mol. The molecule has 0 aromatic carbocycles. The molecule has 0 aliphatic heterocycles. The minimum Gasteiger partial charge on any atom is -0.764 e. The molecule has 0 atom stereocenters. The summed E-state index contributed by atoms with van der Waals surface area (Å²) in [5.41, 5.74) is 0. The van der Waals surface area contributed by atoms with Crippen LogP contribution in [0.4, 0.5) is 9.59 Å². The van der Waals surface area contributed by atoms with E-state index < -0.39 is 10.6 Å². The van der Waals surface area contributed by atoms with Crippen molar-refractivity contribution in [2.45, 2.75) is 0 Å². The van der Waals surface area contributed by atoms with Crippen LogP contribution in [0.3, 0.4) is 0 Å². The molecule has 66 valence electrons. The molecule has 0 saturated carbocycles. The van der Waals surface area contributed by atoms with Crippen molar-refractivity contribution in [1.29, 1.82) is 0 Å². The van der Waals surface area contributed by atoms with Crippen LogP contribution in [-0.4, -0.2) is 10.6 Å². The van der Waals surface area contributed by atoms with Crippen LogP contribution in [0.25, 0.3) is 0 Å². The maximum absolute atomic E-state index is 8.70. The molecule has 0 amide bonds. The Morgan fingerprint density at radius 3 is 0.900 bits per heavy atom. The van der Waals surface area contributed by atoms with E-state index in [1.54, 1.807) is 0 Å². The van der Waals surface area contributed by atoms with E-state index in [0.29, 0.717) is 0 Å². The molecule has 0 aliphatic rings. The van der Waals surface area contributed by atoms with E-state index in [4.69, 9.17) is 19.8 Å². The Balaban J connectivity index is -0.0000000300. The molecule has 0 aromatic heterocycles. The van der Waals surface area contributed by atoms with Gasteiger partial charge in [0.05, 0.1) is 0 Å². The molecular formula is C2Cu2O4S2. The van der Waals surface area contributed by atoms with Crippen LogP contribution in [0.2, 0.25) is 0 Å². The predicted molar refractivity (Wildman–Crippen MR) is 25.5 cm³/mol. The predicted octanol–water partition coefficient (Wildman–Crippen LogP) is -2.25. The van der Waals surface area contributed by atoms with Crippen LogP contribution in [0.5, 0.6) is 0 Å². The molecule has 8 heteroatoms. The van der Waals surface area contributed by atoms with Crippen molar-refractivity contribution in [3.63, 3.8) is 0 Å². The molecule has 10 heavy (non-hydrogen) atoms. The topological polar surface area (TPSA) is 80.3 Å². The second-order valence-corrected chi connectivity index (χ2v) is 1.17. The van der Waals surface area contributed by atoms with Gasteiger partial charge < -0.3 is 45.1 Å². The molecular weight excluding hydrogens is 279 g/mol. The van der Waals surface area contributed by atoms with Gasteiger partial charge in [0, 0.05) is 0 Å². The fourth-order valence-corrected chi connectivity index (χ4v) is 0. The van der Waals surface area contributed by atoms with Gasteiger partial charge in [-0.25, -0.2) is 0 Å². The first-order chi connectivity index (χ1) is 3.46. The van der Waals surface area contributed by atoms with E-state index in [-0.39, 0.29) is 34.1 Å². The summed E-state index contributed by atoms with van der Waals surface area (Å²) in [6.07, 6.45) is 0. The molecule has 0 aliphatic carbocycles. The van der Waals surface area contributed by atoms with Gasteiger partial charge in [0.15, 0.2) is 0 Å². The second-order valence-electron chi connectivity index (χ2n) is 0.500. The van der Waals surface area contributed by atoms with E-state index in [9.17, 15) is 0 Å². The number of carbonyl (C=O) groups excluding carboxylic acids is 2. The van der Waals surface area contributed by atoms with Crippen molar-refractivity contribution < 1.29 is 53.9 Å². The first-order valence-electron chi connectivity index (χ1n) is 1.22. The summed E-state index contributed by atoms with van der Waals surface area (Å²) in [4.78, 5) is 17.4. The average molecular weight is 279 g/mol. The number of carbonyl (C=O) groups is 2. The first kappa shape index (κ1) is 22.4. The third-order valence-corrected chi connectivity index (χ3v) is 0. The molecule has 0 spiro atoms. The van der Waals surface area contributed by atoms with Gasteiger partial charge in [-0.1, -0.05) is 10.6 Å². The number of hydrogen-bond donors (Lipinski definition) is 0. The summed E-state index contributed by atoms with van der Waals surface area (Å²) in [6.45, 7) is 0. The SMILES string of the molecule is O=C([O-])[S-].O=C([O-])[S-].[Cu+2].[Cu+2]. The molecule has 0 unspecified atom stereocenters. The maximum atomic E-state index is 8.70. The van der Waals surface area contributed by atoms with E-state index in [1.807, 2.05) is 0 Å². The Bertz CT molecular complexity index is 77.3. The minimum absolute atomic E-state index is 0. The first-order valence-corrected chi connectivity index (χ1v) is 2.04. The van der Waals surface area contributed by atoms with Crippen LogP contribution < -0.4 is 10.2 Å². The quantitative estimate of drug-likeness (QED) is 0.368. The molecule has 4 nitrogen and oxygen atoms in total. The Kier molecular flexibility index (Phi) is 36.3. The smallest absolute Gasteiger partial charge is 0.764 e. The number of carboxylic acid groups (broad SMARTS) is 2. The Hall–Kier alpha value is 0.419. The van der Waals surface area contributed by atoms with Gasteiger partial charge in [-0.3, -0.25) is 0 Å². The summed E-state index contributed by atoms with van der Waals surface area (Å²) in [5, 5.41) is 14.4. The molecule has 2 radical (unpaired) electrons. The summed E-state index contributed by atoms with van der Waals surface area (Å²) >= 11 is 6.85. The molecule has 0 fully saturated rings. The summed E-state index contributed by atoms with van der Waals surface area (Å²) in [6, 6.07) is 0. The molecule has 0 bridgehead atoms. The van der Waals surface area contributed by atoms with Gasteiger partial charge in [0.1, 0.15) is 0 Å². The van der Waals surface area contributed by atoms with Crippen LogP contribution in [-0.2, 0) is 59.4 Å². The largest absolute Gasteiger partial charge is 2.00 e. The van der Waals surface area contributed by atoms with Crippen LogP contribution in [0.15, 0.2) is 0 Å². The number of rotatable bonds is 0. The second kappa shape index (κ2) is 16.2. The zero-order valence-electron chi connectivity index (χ0n) is 4.05. The molecule has 0 rings (SSSR count). The van der Waals surface area contributed by atoms with E-state index in [2.05, 4.69) is 25.3 Å². The molecule has 0 saturated heterocycles. The fraction of sp³-hybridized carbons (Fsp3) is 0. The normalized spacial score (nSPS) is 4.80. The van der Waals surface area contributed by atoms with Crippen molar-refractivity contribution in [3.05, 3.63) is 0 Å². The van der Waals surface area contributed by atoms with Crippen LogP contribution >= 0.6 is 0 Å². The summed E-state index contributed by atoms with van der Waals surface area (Å²) < 4.78 is 0. The van der Waals surface area contributed by atoms with Gasteiger partial charge in [0.2, 0.25) is 0 Å². The van der Waals surface area contributed by atoms with Crippen molar-refractivity contribution in [1.82, 2.24) is 0 Å². The Morgan fingerprint density at radius 1 is 0.900 bits per heavy atom. The zero-order valence-corrected chi connectivity index (χ0v) is 7.57. The van der Waals surface area contributed by atoms with Crippen molar-refractivity contribution in [2.75, 3.05) is 0 Å². The summed E-state index contributed by atoms with van der Waals surface area (Å²) in [7, 11) is 0. The van der Waals surface area contributed by atoms with E-state index in [1.165, 1.54) is 0 Å². The van der Waals surface area contributed by atoms with Gasteiger partial charge >= 0.3 is 34.1 Å². The van der Waals surface area contributed by atoms with Crippen LogP contribution in [0, 0.1) is 0 Å². The maximum Gasteiger partial charge on any atom is 2.00 e. The minimum atomic E-state index is -1.50. The molecule has 0 aromatic rings. The zero-order chi connectivity index (χ0) is 7.15. The van der Waals surface area contributed by atoms with Crippen molar-refractivity contribution >= 4 is 35.9 Å². The summed E-state index contributed by atoms with van der Waals surface area (Å²) in [5.74, 6) is 0. The van der Waals surface area contributed by atoms with Gasteiger partial charge in [0.25, 0.3) is 0 Å². The van der Waals surface area contributed by atoms with Crippen molar-refractivity contribution in [2.24, 2.45) is 0 Å². The van der Waals surface area contributed by atoms with E-state index in [0.717, 1.165) is 0 Å². The van der Waals surface area contributed by atoms with Crippen molar-refractivity contribution in [3.8, 4) is 0 Å². The number of hydrogen-bond acceptors (Lipinski definition) is 6.